The molecule has 0 aliphatic heterocycles. The summed E-state index contributed by atoms with van der Waals surface area (Å²) in [7, 11) is 0. The highest BCUT2D eigenvalue weighted by Crippen LogP contribution is 2.31. The van der Waals surface area contributed by atoms with Crippen molar-refractivity contribution in [3.05, 3.63) is 58.1 Å². The van der Waals surface area contributed by atoms with E-state index in [4.69, 9.17) is 17.3 Å². The van der Waals surface area contributed by atoms with Crippen molar-refractivity contribution in [3.63, 3.8) is 0 Å². The summed E-state index contributed by atoms with van der Waals surface area (Å²) < 4.78 is 0. The van der Waals surface area contributed by atoms with E-state index >= 15 is 0 Å². The van der Waals surface area contributed by atoms with Crippen LogP contribution in [0.3, 0.4) is 0 Å². The third-order valence-corrected chi connectivity index (χ3v) is 4.37. The van der Waals surface area contributed by atoms with Gasteiger partial charge in [-0.3, -0.25) is 4.79 Å². The number of amides is 1. The molecule has 0 atom stereocenters. The molecule has 2 rings (SSSR count). The number of carbonyl (C=O) groups is 1. The Morgan fingerprint density at radius 1 is 1.17 bits per heavy atom. The predicted octanol–water partition coefficient (Wildman–Crippen LogP) is 4.55. The molecule has 0 spiro atoms. The molecule has 3 N–H and O–H groups in total. The number of benzene rings is 2. The fourth-order valence-corrected chi connectivity index (χ4v) is 2.93. The summed E-state index contributed by atoms with van der Waals surface area (Å²) in [4.78, 5) is 11.2. The van der Waals surface area contributed by atoms with Gasteiger partial charge in [-0.2, -0.15) is 0 Å². The van der Waals surface area contributed by atoms with Gasteiger partial charge in [0, 0.05) is 22.7 Å². The lowest BCUT2D eigenvalue weighted by Gasteiger charge is -2.12. The van der Waals surface area contributed by atoms with Crippen molar-refractivity contribution >= 4 is 17.5 Å². The maximum atomic E-state index is 11.2. The Kier molecular flexibility index (Phi) is 6.41. The predicted molar refractivity (Wildman–Crippen MR) is 101 cm³/mol. The minimum atomic E-state index is -0.469. The summed E-state index contributed by atoms with van der Waals surface area (Å²) in [5.74, 6) is 0.245. The van der Waals surface area contributed by atoms with Gasteiger partial charge < -0.3 is 11.1 Å². The number of nitrogens with one attached hydrogen (secondary N) is 1. The average Bonchev–Trinajstić information content (AvgIpc) is 2.52. The van der Waals surface area contributed by atoms with Gasteiger partial charge in [0.2, 0.25) is 5.91 Å². The Morgan fingerprint density at radius 2 is 1.88 bits per heavy atom. The first-order chi connectivity index (χ1) is 11.4. The first-order valence-corrected chi connectivity index (χ1v) is 8.66. The van der Waals surface area contributed by atoms with Crippen molar-refractivity contribution in [2.45, 2.75) is 33.7 Å². The number of carbonyl (C=O) groups excluding carboxylic acids is 1. The van der Waals surface area contributed by atoms with Gasteiger partial charge in [0.25, 0.3) is 0 Å². The maximum Gasteiger partial charge on any atom is 0.248 e. The average molecular weight is 345 g/mol. The normalized spacial score (nSPS) is 11.0. The summed E-state index contributed by atoms with van der Waals surface area (Å²) in [6.45, 7) is 8.42. The van der Waals surface area contributed by atoms with Crippen LogP contribution in [0.5, 0.6) is 0 Å². The van der Waals surface area contributed by atoms with Crippen LogP contribution in [-0.4, -0.2) is 12.5 Å². The van der Waals surface area contributed by atoms with Gasteiger partial charge >= 0.3 is 0 Å². The van der Waals surface area contributed by atoms with Crippen LogP contribution in [0.25, 0.3) is 11.1 Å². The zero-order valence-electron chi connectivity index (χ0n) is 14.5. The molecule has 1 amide bonds. The highest BCUT2D eigenvalue weighted by molar-refractivity contribution is 6.33. The largest absolute Gasteiger partial charge is 0.366 e. The third kappa shape index (κ3) is 4.83. The quantitative estimate of drug-likeness (QED) is 0.724. The molecule has 128 valence electrons. The molecule has 2 aromatic carbocycles. The zero-order chi connectivity index (χ0) is 17.7. The van der Waals surface area contributed by atoms with Crippen molar-refractivity contribution in [3.8, 4) is 11.1 Å². The third-order valence-electron chi connectivity index (χ3n) is 4.06. The van der Waals surface area contributed by atoms with E-state index in [1.807, 2.05) is 6.07 Å². The van der Waals surface area contributed by atoms with Crippen molar-refractivity contribution < 1.29 is 4.79 Å². The Hall–Kier alpha value is -1.84. The second-order valence-corrected chi connectivity index (χ2v) is 6.97. The zero-order valence-corrected chi connectivity index (χ0v) is 15.3. The molecule has 0 bridgehead atoms. The van der Waals surface area contributed by atoms with Crippen molar-refractivity contribution in [1.82, 2.24) is 5.32 Å². The molecule has 2 aromatic rings. The second-order valence-electron chi connectivity index (χ2n) is 6.57. The molecule has 0 saturated carbocycles. The molecule has 3 nitrogen and oxygen atoms in total. The van der Waals surface area contributed by atoms with E-state index in [-0.39, 0.29) is 0 Å². The summed E-state index contributed by atoms with van der Waals surface area (Å²) in [5.41, 5.74) is 10.1. The van der Waals surface area contributed by atoms with Gasteiger partial charge in [-0.1, -0.05) is 49.7 Å². The molecular formula is C20H25ClN2O. The minimum absolute atomic E-state index is 0.423. The molecule has 4 heteroatoms. The van der Waals surface area contributed by atoms with Gasteiger partial charge in [0.05, 0.1) is 0 Å². The van der Waals surface area contributed by atoms with E-state index in [1.54, 1.807) is 12.1 Å². The molecule has 0 aliphatic rings. The van der Waals surface area contributed by atoms with Gasteiger partial charge in [-0.05, 0) is 54.6 Å². The van der Waals surface area contributed by atoms with Crippen molar-refractivity contribution in [1.29, 1.82) is 0 Å². The molecule has 24 heavy (non-hydrogen) atoms. The Bertz CT molecular complexity index is 726. The van der Waals surface area contributed by atoms with E-state index in [9.17, 15) is 4.79 Å². The number of aryl methyl sites for hydroxylation is 1. The van der Waals surface area contributed by atoms with Crippen LogP contribution >= 0.6 is 11.6 Å². The summed E-state index contributed by atoms with van der Waals surface area (Å²) in [6.07, 6.45) is 1.18. The minimum Gasteiger partial charge on any atom is -0.366 e. The van der Waals surface area contributed by atoms with Crippen LogP contribution in [-0.2, 0) is 6.54 Å². The monoisotopic (exact) mass is 344 g/mol. The highest BCUT2D eigenvalue weighted by atomic mass is 35.5. The fourth-order valence-electron chi connectivity index (χ4n) is 2.65. The molecule has 0 unspecified atom stereocenters. The first kappa shape index (κ1) is 18.5. The maximum absolute atomic E-state index is 11.2. The summed E-state index contributed by atoms with van der Waals surface area (Å²) in [5, 5.41) is 4.01. The standard InChI is InChI=1S/C20H25ClN2O/c1-13(2)8-9-23-12-15-4-6-17(14(3)10-15)18-7-5-16(20(22)24)11-19(18)21/h4-7,10-11,13,23H,8-9,12H2,1-3H3,(H2,22,24). The molecule has 0 aliphatic carbocycles. The van der Waals surface area contributed by atoms with Crippen LogP contribution < -0.4 is 11.1 Å². The van der Waals surface area contributed by atoms with E-state index in [2.05, 4.69) is 44.3 Å². The van der Waals surface area contributed by atoms with E-state index in [0.717, 1.165) is 29.8 Å². The molecule has 0 heterocycles. The van der Waals surface area contributed by atoms with Crippen LogP contribution in [0, 0.1) is 12.8 Å². The lowest BCUT2D eigenvalue weighted by Crippen LogP contribution is -2.16. The van der Waals surface area contributed by atoms with Crippen LogP contribution in [0.4, 0.5) is 0 Å². The number of halogens is 1. The van der Waals surface area contributed by atoms with E-state index < -0.39 is 5.91 Å². The van der Waals surface area contributed by atoms with Gasteiger partial charge in [0.1, 0.15) is 0 Å². The van der Waals surface area contributed by atoms with Crippen molar-refractivity contribution in [2.24, 2.45) is 11.7 Å². The number of rotatable bonds is 7. The molecule has 0 radical (unpaired) electrons. The second kappa shape index (κ2) is 8.32. The highest BCUT2D eigenvalue weighted by Gasteiger charge is 2.10. The topological polar surface area (TPSA) is 55.1 Å². The van der Waals surface area contributed by atoms with Crippen LogP contribution in [0.2, 0.25) is 5.02 Å². The van der Waals surface area contributed by atoms with E-state index in [0.29, 0.717) is 16.5 Å². The number of primary amides is 1. The number of nitrogens with two attached hydrogens (primary N) is 1. The SMILES string of the molecule is Cc1cc(CNCCC(C)C)ccc1-c1ccc(C(N)=O)cc1Cl. The lowest BCUT2D eigenvalue weighted by molar-refractivity contribution is 0.100. The first-order valence-electron chi connectivity index (χ1n) is 8.28. The van der Waals surface area contributed by atoms with Crippen molar-refractivity contribution in [2.75, 3.05) is 6.54 Å². The van der Waals surface area contributed by atoms with Crippen LogP contribution in [0.15, 0.2) is 36.4 Å². The Labute approximate surface area is 149 Å². The van der Waals surface area contributed by atoms with Gasteiger partial charge in [-0.15, -0.1) is 0 Å². The number of hydrogen-bond acceptors (Lipinski definition) is 2. The van der Waals surface area contributed by atoms with Gasteiger partial charge in [-0.25, -0.2) is 0 Å². The number of hydrogen-bond donors (Lipinski definition) is 2. The van der Waals surface area contributed by atoms with E-state index in [1.165, 1.54) is 12.0 Å². The lowest BCUT2D eigenvalue weighted by atomic mass is 9.97. The summed E-state index contributed by atoms with van der Waals surface area (Å²) in [6, 6.07) is 11.6. The van der Waals surface area contributed by atoms with Crippen LogP contribution in [0.1, 0.15) is 41.8 Å². The molecule has 0 saturated heterocycles. The molecule has 0 aromatic heterocycles. The Morgan fingerprint density at radius 3 is 2.46 bits per heavy atom. The Balaban J connectivity index is 2.14. The fraction of sp³-hybridized carbons (Fsp3) is 0.350. The molecular weight excluding hydrogens is 320 g/mol. The molecule has 0 fully saturated rings. The summed E-state index contributed by atoms with van der Waals surface area (Å²) >= 11 is 6.33. The smallest absolute Gasteiger partial charge is 0.248 e. The van der Waals surface area contributed by atoms with Gasteiger partial charge in [0.15, 0.2) is 0 Å².